The molecule has 0 N–H and O–H groups in total. The molecule has 2 aromatic heterocycles. The van der Waals surface area contributed by atoms with Gasteiger partial charge in [0, 0.05) is 27.8 Å². The third-order valence-corrected chi connectivity index (χ3v) is 5.17. The SMILES string of the molecule is CS(=O)(=O)c1cc(-c2ccsc2)nc(-c2cccc(Cl)c2)c1. The molecule has 3 nitrogen and oxygen atoms in total. The van der Waals surface area contributed by atoms with Crippen LogP contribution < -0.4 is 0 Å². The second-order valence-corrected chi connectivity index (χ2v) is 8.10. The number of pyridine rings is 1. The summed E-state index contributed by atoms with van der Waals surface area (Å²) in [6.07, 6.45) is 1.20. The maximum atomic E-state index is 12.0. The Labute approximate surface area is 138 Å². The lowest BCUT2D eigenvalue weighted by Gasteiger charge is -2.08. The van der Waals surface area contributed by atoms with Gasteiger partial charge >= 0.3 is 0 Å². The summed E-state index contributed by atoms with van der Waals surface area (Å²) in [7, 11) is -3.33. The van der Waals surface area contributed by atoms with E-state index in [0.717, 1.165) is 11.1 Å². The van der Waals surface area contributed by atoms with E-state index in [1.165, 1.54) is 6.26 Å². The number of nitrogens with zero attached hydrogens (tertiary/aromatic N) is 1. The van der Waals surface area contributed by atoms with Crippen LogP contribution in [0.3, 0.4) is 0 Å². The van der Waals surface area contributed by atoms with E-state index in [2.05, 4.69) is 4.98 Å². The molecule has 6 heteroatoms. The Morgan fingerprint density at radius 1 is 1.05 bits per heavy atom. The van der Waals surface area contributed by atoms with Crippen molar-refractivity contribution in [3.8, 4) is 22.5 Å². The maximum absolute atomic E-state index is 12.0. The molecule has 3 rings (SSSR count). The summed E-state index contributed by atoms with van der Waals surface area (Å²) in [6.45, 7) is 0. The van der Waals surface area contributed by atoms with Crippen molar-refractivity contribution in [3.05, 3.63) is 58.2 Å². The topological polar surface area (TPSA) is 47.0 Å². The standard InChI is InChI=1S/C16H12ClNO2S2/c1-22(19,20)14-8-15(11-3-2-4-13(17)7-11)18-16(9-14)12-5-6-21-10-12/h2-10H,1H3. The molecule has 0 fully saturated rings. The molecule has 0 amide bonds. The van der Waals surface area contributed by atoms with E-state index < -0.39 is 9.84 Å². The molecule has 0 unspecified atom stereocenters. The first-order valence-corrected chi connectivity index (χ1v) is 9.65. The average molecular weight is 350 g/mol. The molecule has 0 atom stereocenters. The van der Waals surface area contributed by atoms with Crippen molar-refractivity contribution >= 4 is 32.8 Å². The Morgan fingerprint density at radius 2 is 1.77 bits per heavy atom. The van der Waals surface area contributed by atoms with Gasteiger partial charge in [0.25, 0.3) is 0 Å². The van der Waals surface area contributed by atoms with Gasteiger partial charge in [0.1, 0.15) is 0 Å². The van der Waals surface area contributed by atoms with Gasteiger partial charge in [-0.1, -0.05) is 23.7 Å². The van der Waals surface area contributed by atoms with Crippen molar-refractivity contribution < 1.29 is 8.42 Å². The smallest absolute Gasteiger partial charge is 0.175 e. The van der Waals surface area contributed by atoms with Crippen LogP contribution in [-0.4, -0.2) is 19.7 Å². The van der Waals surface area contributed by atoms with Crippen LogP contribution in [-0.2, 0) is 9.84 Å². The number of rotatable bonds is 3. The zero-order valence-corrected chi connectivity index (χ0v) is 14.0. The Bertz CT molecular complexity index is 919. The predicted molar refractivity (Wildman–Crippen MR) is 91.1 cm³/mol. The minimum Gasteiger partial charge on any atom is -0.248 e. The van der Waals surface area contributed by atoms with E-state index in [1.54, 1.807) is 35.6 Å². The van der Waals surface area contributed by atoms with Gasteiger partial charge in [-0.15, -0.1) is 0 Å². The van der Waals surface area contributed by atoms with Gasteiger partial charge in [0.2, 0.25) is 0 Å². The fourth-order valence-corrected chi connectivity index (χ4v) is 3.56. The van der Waals surface area contributed by atoms with Crippen LogP contribution in [0, 0.1) is 0 Å². The zero-order chi connectivity index (χ0) is 15.7. The number of aromatic nitrogens is 1. The Kier molecular flexibility index (Phi) is 4.04. The lowest BCUT2D eigenvalue weighted by molar-refractivity contribution is 0.602. The Morgan fingerprint density at radius 3 is 2.36 bits per heavy atom. The van der Waals surface area contributed by atoms with Crippen LogP contribution >= 0.6 is 22.9 Å². The summed E-state index contributed by atoms with van der Waals surface area (Å²) in [5.41, 5.74) is 2.92. The molecular weight excluding hydrogens is 338 g/mol. The number of benzene rings is 1. The predicted octanol–water partition coefficient (Wildman–Crippen LogP) is 4.53. The molecule has 22 heavy (non-hydrogen) atoms. The van der Waals surface area contributed by atoms with E-state index in [4.69, 9.17) is 11.6 Å². The van der Waals surface area contributed by atoms with Crippen molar-refractivity contribution in [1.82, 2.24) is 4.98 Å². The molecule has 112 valence electrons. The first kappa shape index (κ1) is 15.2. The second kappa shape index (κ2) is 5.83. The molecule has 3 aromatic rings. The number of hydrogen-bond acceptors (Lipinski definition) is 4. The maximum Gasteiger partial charge on any atom is 0.175 e. The number of sulfone groups is 1. The van der Waals surface area contributed by atoms with Crippen molar-refractivity contribution in [2.24, 2.45) is 0 Å². The molecular formula is C16H12ClNO2S2. The molecule has 0 radical (unpaired) electrons. The fourth-order valence-electron chi connectivity index (χ4n) is 2.07. The van der Waals surface area contributed by atoms with Crippen molar-refractivity contribution in [2.45, 2.75) is 4.90 Å². The summed E-state index contributed by atoms with van der Waals surface area (Å²) >= 11 is 7.56. The summed E-state index contributed by atoms with van der Waals surface area (Å²) in [5.74, 6) is 0. The molecule has 1 aromatic carbocycles. The van der Waals surface area contributed by atoms with Gasteiger partial charge in [0.05, 0.1) is 16.3 Å². The fraction of sp³-hybridized carbons (Fsp3) is 0.0625. The van der Waals surface area contributed by atoms with E-state index in [0.29, 0.717) is 16.4 Å². The minimum absolute atomic E-state index is 0.249. The second-order valence-electron chi connectivity index (χ2n) is 4.87. The van der Waals surface area contributed by atoms with Crippen molar-refractivity contribution in [1.29, 1.82) is 0 Å². The van der Waals surface area contributed by atoms with E-state index in [1.807, 2.05) is 29.0 Å². The van der Waals surface area contributed by atoms with Gasteiger partial charge in [-0.3, -0.25) is 0 Å². The Balaban J connectivity index is 2.24. The lowest BCUT2D eigenvalue weighted by atomic mass is 10.1. The highest BCUT2D eigenvalue weighted by atomic mass is 35.5. The highest BCUT2D eigenvalue weighted by Crippen LogP contribution is 2.29. The molecule has 0 aliphatic rings. The van der Waals surface area contributed by atoms with Crippen LogP contribution in [0.5, 0.6) is 0 Å². The summed E-state index contributed by atoms with van der Waals surface area (Å²) in [4.78, 5) is 4.83. The summed E-state index contributed by atoms with van der Waals surface area (Å²) < 4.78 is 23.9. The van der Waals surface area contributed by atoms with Gasteiger partial charge in [-0.2, -0.15) is 11.3 Å². The third kappa shape index (κ3) is 3.21. The van der Waals surface area contributed by atoms with Gasteiger partial charge in [0.15, 0.2) is 9.84 Å². The van der Waals surface area contributed by atoms with Gasteiger partial charge in [-0.05, 0) is 35.7 Å². The van der Waals surface area contributed by atoms with Gasteiger partial charge < -0.3 is 0 Å². The highest BCUT2D eigenvalue weighted by molar-refractivity contribution is 7.90. The zero-order valence-electron chi connectivity index (χ0n) is 11.7. The highest BCUT2D eigenvalue weighted by Gasteiger charge is 2.14. The quantitative estimate of drug-likeness (QED) is 0.697. The normalized spacial score (nSPS) is 11.5. The molecule has 0 saturated heterocycles. The van der Waals surface area contributed by atoms with E-state index >= 15 is 0 Å². The minimum atomic E-state index is -3.33. The van der Waals surface area contributed by atoms with Gasteiger partial charge in [-0.25, -0.2) is 13.4 Å². The van der Waals surface area contributed by atoms with Crippen LogP contribution in [0.4, 0.5) is 0 Å². The monoisotopic (exact) mass is 349 g/mol. The average Bonchev–Trinajstić information content (AvgIpc) is 3.00. The largest absolute Gasteiger partial charge is 0.248 e. The molecule has 2 heterocycles. The van der Waals surface area contributed by atoms with Crippen molar-refractivity contribution in [2.75, 3.05) is 6.26 Å². The van der Waals surface area contributed by atoms with E-state index in [-0.39, 0.29) is 4.90 Å². The first-order chi connectivity index (χ1) is 10.4. The first-order valence-electron chi connectivity index (χ1n) is 6.44. The number of halogens is 1. The van der Waals surface area contributed by atoms with Crippen LogP contribution in [0.1, 0.15) is 0 Å². The molecule has 0 spiro atoms. The van der Waals surface area contributed by atoms with Crippen LogP contribution in [0.25, 0.3) is 22.5 Å². The van der Waals surface area contributed by atoms with Crippen molar-refractivity contribution in [3.63, 3.8) is 0 Å². The van der Waals surface area contributed by atoms with Crippen LogP contribution in [0.2, 0.25) is 5.02 Å². The summed E-state index contributed by atoms with van der Waals surface area (Å²) in [6, 6.07) is 12.3. The third-order valence-electron chi connectivity index (χ3n) is 3.16. The number of hydrogen-bond donors (Lipinski definition) is 0. The molecule has 0 bridgehead atoms. The molecule has 0 aliphatic carbocycles. The summed E-state index contributed by atoms with van der Waals surface area (Å²) in [5, 5.41) is 4.46. The Hall–Kier alpha value is -1.69. The van der Waals surface area contributed by atoms with E-state index in [9.17, 15) is 8.42 Å². The molecule has 0 aliphatic heterocycles. The molecule has 0 saturated carbocycles. The lowest BCUT2D eigenvalue weighted by Crippen LogP contribution is -2.00. The number of thiophene rings is 1. The van der Waals surface area contributed by atoms with Crippen LogP contribution in [0.15, 0.2) is 58.1 Å².